The van der Waals surface area contributed by atoms with E-state index in [9.17, 15) is 9.59 Å². The number of carbonyl (C=O) groups excluding carboxylic acids is 2. The van der Waals surface area contributed by atoms with Gasteiger partial charge in [-0.3, -0.25) is 4.79 Å². The zero-order valence-electron chi connectivity index (χ0n) is 18.5. The Hall–Kier alpha value is -2.82. The van der Waals surface area contributed by atoms with Gasteiger partial charge in [-0.1, -0.05) is 48.5 Å². The first-order valence-electron chi connectivity index (χ1n) is 11.9. The van der Waals surface area contributed by atoms with Crippen LogP contribution < -0.4 is 10.6 Å². The first-order valence-corrected chi connectivity index (χ1v) is 11.9. The van der Waals surface area contributed by atoms with Gasteiger partial charge >= 0.3 is 6.09 Å². The molecule has 0 aromatic heterocycles. The van der Waals surface area contributed by atoms with Gasteiger partial charge in [-0.25, -0.2) is 4.79 Å². The minimum absolute atomic E-state index is 0.0539. The molecule has 4 saturated carbocycles. The van der Waals surface area contributed by atoms with Crippen LogP contribution in [0.3, 0.4) is 0 Å². The van der Waals surface area contributed by atoms with E-state index in [0.29, 0.717) is 24.4 Å². The first kappa shape index (κ1) is 19.8. The van der Waals surface area contributed by atoms with Crippen LogP contribution in [0.1, 0.15) is 56.1 Å². The number of amides is 2. The van der Waals surface area contributed by atoms with Crippen molar-refractivity contribution in [3.05, 3.63) is 59.7 Å². The Morgan fingerprint density at radius 1 is 0.938 bits per heavy atom. The second-order valence-electron chi connectivity index (χ2n) is 10.4. The van der Waals surface area contributed by atoms with Gasteiger partial charge in [0.25, 0.3) is 0 Å². The van der Waals surface area contributed by atoms with Crippen LogP contribution in [0.2, 0.25) is 0 Å². The van der Waals surface area contributed by atoms with Crippen LogP contribution in [-0.2, 0) is 9.53 Å². The van der Waals surface area contributed by atoms with Crippen LogP contribution in [0.5, 0.6) is 0 Å². The summed E-state index contributed by atoms with van der Waals surface area (Å²) in [5.74, 6) is 1.66. The number of nitrogens with one attached hydrogen (secondary N) is 2. The molecule has 166 valence electrons. The minimum Gasteiger partial charge on any atom is -0.449 e. The minimum atomic E-state index is -0.307. The van der Waals surface area contributed by atoms with E-state index < -0.39 is 0 Å². The molecule has 0 spiro atoms. The van der Waals surface area contributed by atoms with Crippen molar-refractivity contribution in [2.45, 2.75) is 56.5 Å². The molecule has 2 amide bonds. The fraction of sp³-hybridized carbons (Fsp3) is 0.481. The molecule has 5 aliphatic rings. The van der Waals surface area contributed by atoms with Gasteiger partial charge in [0.05, 0.1) is 0 Å². The molecule has 5 aliphatic carbocycles. The highest BCUT2D eigenvalue weighted by Crippen LogP contribution is 2.55. The summed E-state index contributed by atoms with van der Waals surface area (Å²) in [4.78, 5) is 24.6. The summed E-state index contributed by atoms with van der Waals surface area (Å²) < 4.78 is 5.82. The van der Waals surface area contributed by atoms with Crippen molar-refractivity contribution in [1.29, 1.82) is 0 Å². The maximum absolute atomic E-state index is 12.9. The zero-order chi connectivity index (χ0) is 21.9. The smallest absolute Gasteiger partial charge is 0.407 e. The molecular formula is C27H30N2O3. The Bertz CT molecular complexity index is 1020. The van der Waals surface area contributed by atoms with E-state index >= 15 is 0 Å². The summed E-state index contributed by atoms with van der Waals surface area (Å²) in [6.07, 6.45) is 5.01. The van der Waals surface area contributed by atoms with Crippen molar-refractivity contribution >= 4 is 12.0 Å². The highest BCUT2D eigenvalue weighted by atomic mass is 16.5. The van der Waals surface area contributed by atoms with Crippen LogP contribution in [0.4, 0.5) is 4.79 Å². The second-order valence-corrected chi connectivity index (χ2v) is 10.4. The molecule has 5 nitrogen and oxygen atoms in total. The van der Waals surface area contributed by atoms with Gasteiger partial charge in [0.15, 0.2) is 0 Å². The van der Waals surface area contributed by atoms with E-state index in [0.717, 1.165) is 32.1 Å². The van der Waals surface area contributed by atoms with Crippen molar-refractivity contribution < 1.29 is 14.3 Å². The lowest BCUT2D eigenvalue weighted by Crippen LogP contribution is -2.66. The van der Waals surface area contributed by atoms with Crippen molar-refractivity contribution in [1.82, 2.24) is 10.6 Å². The predicted molar refractivity (Wildman–Crippen MR) is 122 cm³/mol. The summed E-state index contributed by atoms with van der Waals surface area (Å²) in [7, 11) is 0. The van der Waals surface area contributed by atoms with Crippen LogP contribution in [0.25, 0.3) is 11.1 Å². The Kier molecular flexibility index (Phi) is 4.56. The molecule has 0 heterocycles. The lowest BCUT2D eigenvalue weighted by atomic mass is 9.51. The molecule has 2 aromatic rings. The zero-order valence-corrected chi connectivity index (χ0v) is 18.5. The molecule has 7 rings (SSSR count). The Balaban J connectivity index is 1.13. The number of rotatable bonds is 4. The van der Waals surface area contributed by atoms with Gasteiger partial charge in [0, 0.05) is 24.4 Å². The number of alkyl carbamates (subject to hydrolysis) is 1. The van der Waals surface area contributed by atoms with Crippen LogP contribution in [0.15, 0.2) is 48.5 Å². The molecule has 4 fully saturated rings. The number of fused-ring (bicyclic) bond motifs is 3. The van der Waals surface area contributed by atoms with Crippen molar-refractivity contribution in [3.8, 4) is 11.1 Å². The molecule has 2 aromatic carbocycles. The standard InChI is InChI=1S/C27H30N2O3/c1-16(30)29-27-12-17-10-18(13-27)25(19(11-17)14-27)28-26(31)32-15-24-22-8-4-2-6-20(22)21-7-3-5-9-23(21)24/h2-9,17-19,24-25H,10-15H2,1H3,(H,28,31)(H,29,30)/t17?,18-,19+,25?,27?. The van der Waals surface area contributed by atoms with Gasteiger partial charge in [-0.2, -0.15) is 0 Å². The van der Waals surface area contributed by atoms with Gasteiger partial charge in [-0.15, -0.1) is 0 Å². The molecule has 4 bridgehead atoms. The second kappa shape index (κ2) is 7.36. The van der Waals surface area contributed by atoms with Crippen molar-refractivity contribution in [3.63, 3.8) is 0 Å². The topological polar surface area (TPSA) is 67.4 Å². The van der Waals surface area contributed by atoms with Gasteiger partial charge in [-0.05, 0) is 72.1 Å². The molecule has 0 radical (unpaired) electrons. The maximum Gasteiger partial charge on any atom is 0.407 e. The predicted octanol–water partition coefficient (Wildman–Crippen LogP) is 4.61. The monoisotopic (exact) mass is 430 g/mol. The third kappa shape index (κ3) is 3.21. The molecule has 3 unspecified atom stereocenters. The number of hydrogen-bond donors (Lipinski definition) is 2. The lowest BCUT2D eigenvalue weighted by molar-refractivity contribution is -0.125. The fourth-order valence-corrected chi connectivity index (χ4v) is 7.56. The molecular weight excluding hydrogens is 400 g/mol. The molecule has 32 heavy (non-hydrogen) atoms. The van der Waals surface area contributed by atoms with E-state index in [4.69, 9.17) is 4.74 Å². The Morgan fingerprint density at radius 3 is 2.12 bits per heavy atom. The largest absolute Gasteiger partial charge is 0.449 e. The lowest BCUT2D eigenvalue weighted by Gasteiger charge is -2.60. The van der Waals surface area contributed by atoms with E-state index in [1.165, 1.54) is 22.3 Å². The molecule has 0 saturated heterocycles. The van der Waals surface area contributed by atoms with E-state index in [1.54, 1.807) is 6.92 Å². The quantitative estimate of drug-likeness (QED) is 0.744. The summed E-state index contributed by atoms with van der Waals surface area (Å²) in [6, 6.07) is 17.0. The van der Waals surface area contributed by atoms with Crippen LogP contribution in [-0.4, -0.2) is 30.2 Å². The SMILES string of the molecule is CC(=O)NC12CC3C[C@H](C1)C(NC(=O)OCC1c4ccccc4-c4ccccc41)[C@@H](C3)C2. The third-order valence-corrected chi connectivity index (χ3v) is 8.34. The fourth-order valence-electron chi connectivity index (χ4n) is 7.56. The van der Waals surface area contributed by atoms with Gasteiger partial charge in [0.2, 0.25) is 5.91 Å². The highest BCUT2D eigenvalue weighted by Gasteiger charge is 2.56. The molecule has 5 atom stereocenters. The molecule has 2 N–H and O–H groups in total. The average Bonchev–Trinajstić information content (AvgIpc) is 3.07. The van der Waals surface area contributed by atoms with E-state index in [1.807, 2.05) is 0 Å². The molecule has 0 aliphatic heterocycles. The van der Waals surface area contributed by atoms with Crippen LogP contribution >= 0.6 is 0 Å². The van der Waals surface area contributed by atoms with E-state index in [2.05, 4.69) is 59.2 Å². The normalized spacial score (nSPS) is 31.7. The summed E-state index contributed by atoms with van der Waals surface area (Å²) in [5, 5.41) is 6.49. The Labute approximate surface area is 188 Å². The van der Waals surface area contributed by atoms with Gasteiger partial charge in [0.1, 0.15) is 6.61 Å². The van der Waals surface area contributed by atoms with Gasteiger partial charge < -0.3 is 15.4 Å². The maximum atomic E-state index is 12.9. The third-order valence-electron chi connectivity index (χ3n) is 8.34. The van der Waals surface area contributed by atoms with Crippen molar-refractivity contribution in [2.75, 3.05) is 6.61 Å². The Morgan fingerprint density at radius 2 is 1.53 bits per heavy atom. The van der Waals surface area contributed by atoms with Crippen molar-refractivity contribution in [2.24, 2.45) is 17.8 Å². The summed E-state index contributed by atoms with van der Waals surface area (Å²) in [6.45, 7) is 1.96. The average molecular weight is 431 g/mol. The summed E-state index contributed by atoms with van der Waals surface area (Å²) in [5.41, 5.74) is 4.88. The highest BCUT2D eigenvalue weighted by molar-refractivity contribution is 5.79. The molecule has 5 heteroatoms. The number of carbonyl (C=O) groups is 2. The van der Waals surface area contributed by atoms with Crippen LogP contribution in [0, 0.1) is 17.8 Å². The summed E-state index contributed by atoms with van der Waals surface area (Å²) >= 11 is 0. The first-order chi connectivity index (χ1) is 15.5. The van der Waals surface area contributed by atoms with E-state index in [-0.39, 0.29) is 29.5 Å². The number of hydrogen-bond acceptors (Lipinski definition) is 3. The number of ether oxygens (including phenoxy) is 1. The number of benzene rings is 2.